The van der Waals surface area contributed by atoms with Crippen LogP contribution in [0.4, 0.5) is 0 Å². The van der Waals surface area contributed by atoms with Crippen molar-refractivity contribution in [1.29, 1.82) is 0 Å². The monoisotopic (exact) mass is 223 g/mol. The third-order valence-electron chi connectivity index (χ3n) is 5.46. The molecule has 16 heavy (non-hydrogen) atoms. The highest BCUT2D eigenvalue weighted by Gasteiger charge is 2.53. The van der Waals surface area contributed by atoms with Gasteiger partial charge in [0.15, 0.2) is 0 Å². The summed E-state index contributed by atoms with van der Waals surface area (Å²) in [4.78, 5) is 0. The Balaban J connectivity index is 1.81. The van der Waals surface area contributed by atoms with Crippen molar-refractivity contribution < 1.29 is 5.11 Å². The summed E-state index contributed by atoms with van der Waals surface area (Å²) in [6.07, 6.45) is 8.63. The predicted octanol–water partition coefficient (Wildman–Crippen LogP) is 2.17. The molecular formula is C14H25NO. The molecule has 0 aromatic heterocycles. The molecule has 0 heterocycles. The second-order valence-corrected chi connectivity index (χ2v) is 6.57. The Kier molecular flexibility index (Phi) is 2.75. The zero-order valence-corrected chi connectivity index (χ0v) is 10.4. The Morgan fingerprint density at radius 3 is 2.00 bits per heavy atom. The van der Waals surface area contributed by atoms with Gasteiger partial charge >= 0.3 is 0 Å². The van der Waals surface area contributed by atoms with Crippen molar-refractivity contribution in [3.05, 3.63) is 0 Å². The van der Waals surface area contributed by atoms with E-state index in [1.807, 2.05) is 0 Å². The van der Waals surface area contributed by atoms with Crippen molar-refractivity contribution in [2.24, 2.45) is 23.2 Å². The zero-order chi connectivity index (χ0) is 11.2. The second-order valence-electron chi connectivity index (χ2n) is 6.57. The molecule has 0 radical (unpaired) electrons. The van der Waals surface area contributed by atoms with Gasteiger partial charge in [0.1, 0.15) is 0 Å². The topological polar surface area (TPSA) is 32.3 Å². The van der Waals surface area contributed by atoms with Gasteiger partial charge in [-0.2, -0.15) is 0 Å². The molecule has 0 aliphatic heterocycles. The molecule has 0 amide bonds. The second kappa shape index (κ2) is 3.99. The lowest BCUT2D eigenvalue weighted by Crippen LogP contribution is -2.57. The molecule has 4 aliphatic carbocycles. The summed E-state index contributed by atoms with van der Waals surface area (Å²) >= 11 is 0. The van der Waals surface area contributed by atoms with E-state index in [1.54, 1.807) is 0 Å². The molecule has 0 saturated heterocycles. The number of aliphatic hydroxyl groups is 1. The summed E-state index contributed by atoms with van der Waals surface area (Å²) in [6.45, 7) is 3.48. The van der Waals surface area contributed by atoms with Gasteiger partial charge in [0.05, 0.1) is 6.61 Å². The maximum atomic E-state index is 9.65. The van der Waals surface area contributed by atoms with Crippen molar-refractivity contribution in [2.75, 3.05) is 13.2 Å². The van der Waals surface area contributed by atoms with Crippen molar-refractivity contribution in [3.63, 3.8) is 0 Å². The Labute approximate surface area is 98.8 Å². The predicted molar refractivity (Wildman–Crippen MR) is 65.2 cm³/mol. The number of aliphatic hydroxyl groups excluding tert-OH is 1. The number of likely N-dealkylation sites (N-methyl/N-ethyl adjacent to an activating group) is 1. The minimum Gasteiger partial charge on any atom is -0.395 e. The standard InChI is InChI=1S/C14H25NO/c1-2-15-13(9-16)14-6-10-3-11(7-14)5-12(4-10)8-14/h10-13,15-16H,2-9H2,1H3. The van der Waals surface area contributed by atoms with Gasteiger partial charge in [0.2, 0.25) is 0 Å². The molecule has 2 nitrogen and oxygen atoms in total. The van der Waals surface area contributed by atoms with Gasteiger partial charge in [0.25, 0.3) is 0 Å². The van der Waals surface area contributed by atoms with Crippen LogP contribution in [0.2, 0.25) is 0 Å². The first-order valence-corrected chi connectivity index (χ1v) is 7.10. The molecule has 1 atom stereocenters. The lowest BCUT2D eigenvalue weighted by molar-refractivity contribution is -0.0821. The molecule has 0 aromatic rings. The van der Waals surface area contributed by atoms with E-state index < -0.39 is 0 Å². The lowest BCUT2D eigenvalue weighted by Gasteiger charge is -2.59. The van der Waals surface area contributed by atoms with Gasteiger partial charge in [-0.3, -0.25) is 0 Å². The zero-order valence-electron chi connectivity index (χ0n) is 10.4. The highest BCUT2D eigenvalue weighted by molar-refractivity contribution is 5.05. The van der Waals surface area contributed by atoms with Gasteiger partial charge in [-0.1, -0.05) is 6.92 Å². The average Bonchev–Trinajstić information content (AvgIpc) is 2.23. The number of hydrogen-bond donors (Lipinski definition) is 2. The average molecular weight is 223 g/mol. The Morgan fingerprint density at radius 2 is 1.62 bits per heavy atom. The van der Waals surface area contributed by atoms with E-state index in [0.717, 1.165) is 24.3 Å². The molecule has 1 unspecified atom stereocenters. The maximum absolute atomic E-state index is 9.65. The fourth-order valence-electron chi connectivity index (χ4n) is 5.33. The minimum absolute atomic E-state index is 0.333. The van der Waals surface area contributed by atoms with Crippen LogP contribution in [0, 0.1) is 23.2 Å². The molecule has 2 N–H and O–H groups in total. The summed E-state index contributed by atoms with van der Waals surface area (Å²) in [7, 11) is 0. The van der Waals surface area contributed by atoms with Crippen LogP contribution in [0.5, 0.6) is 0 Å². The Morgan fingerprint density at radius 1 is 1.12 bits per heavy atom. The Bertz CT molecular complexity index is 228. The third-order valence-corrected chi connectivity index (χ3v) is 5.46. The molecule has 4 bridgehead atoms. The van der Waals surface area contributed by atoms with Crippen LogP contribution >= 0.6 is 0 Å². The van der Waals surface area contributed by atoms with Crippen LogP contribution in [-0.2, 0) is 0 Å². The lowest BCUT2D eigenvalue weighted by atomic mass is 9.48. The third kappa shape index (κ3) is 1.62. The highest BCUT2D eigenvalue weighted by Crippen LogP contribution is 2.61. The van der Waals surface area contributed by atoms with Crippen molar-refractivity contribution in [2.45, 2.75) is 51.5 Å². The first-order chi connectivity index (χ1) is 7.75. The van der Waals surface area contributed by atoms with Crippen LogP contribution in [0.3, 0.4) is 0 Å². The van der Waals surface area contributed by atoms with Gasteiger partial charge in [-0.25, -0.2) is 0 Å². The quantitative estimate of drug-likeness (QED) is 0.765. The molecule has 0 spiro atoms. The fourth-order valence-corrected chi connectivity index (χ4v) is 5.33. The van der Waals surface area contributed by atoms with Gasteiger partial charge in [0, 0.05) is 6.04 Å². The van der Waals surface area contributed by atoms with E-state index in [0.29, 0.717) is 18.1 Å². The van der Waals surface area contributed by atoms with Crippen LogP contribution in [0.15, 0.2) is 0 Å². The van der Waals surface area contributed by atoms with E-state index in [9.17, 15) is 5.11 Å². The van der Waals surface area contributed by atoms with Crippen LogP contribution in [0.1, 0.15) is 45.4 Å². The summed E-state index contributed by atoms with van der Waals surface area (Å²) in [6, 6.07) is 0.367. The molecule has 4 fully saturated rings. The molecule has 92 valence electrons. The summed E-state index contributed by atoms with van der Waals surface area (Å²) < 4.78 is 0. The van der Waals surface area contributed by atoms with Crippen molar-refractivity contribution >= 4 is 0 Å². The summed E-state index contributed by atoms with van der Waals surface area (Å²) in [5, 5.41) is 13.2. The smallest absolute Gasteiger partial charge is 0.0590 e. The summed E-state index contributed by atoms with van der Waals surface area (Å²) in [5.41, 5.74) is 0.458. The molecule has 4 saturated carbocycles. The van der Waals surface area contributed by atoms with E-state index in [2.05, 4.69) is 12.2 Å². The molecule has 0 aromatic carbocycles. The van der Waals surface area contributed by atoms with E-state index in [4.69, 9.17) is 0 Å². The number of nitrogens with one attached hydrogen (secondary N) is 1. The minimum atomic E-state index is 0.333. The van der Waals surface area contributed by atoms with Crippen molar-refractivity contribution in [3.8, 4) is 0 Å². The first kappa shape index (κ1) is 11.0. The number of hydrogen-bond acceptors (Lipinski definition) is 2. The van der Waals surface area contributed by atoms with E-state index in [1.165, 1.54) is 38.5 Å². The van der Waals surface area contributed by atoms with Crippen LogP contribution in [-0.4, -0.2) is 24.3 Å². The Hall–Kier alpha value is -0.0800. The normalized spacial score (nSPS) is 47.2. The fraction of sp³-hybridized carbons (Fsp3) is 1.00. The van der Waals surface area contributed by atoms with Gasteiger partial charge in [-0.15, -0.1) is 0 Å². The van der Waals surface area contributed by atoms with Gasteiger partial charge < -0.3 is 10.4 Å². The molecule has 2 heteroatoms. The highest BCUT2D eigenvalue weighted by atomic mass is 16.3. The molecule has 4 rings (SSSR count). The SMILES string of the molecule is CCNC(CO)C12CC3CC(CC(C3)C1)C2. The maximum Gasteiger partial charge on any atom is 0.0590 e. The van der Waals surface area contributed by atoms with E-state index in [-0.39, 0.29) is 0 Å². The van der Waals surface area contributed by atoms with Crippen molar-refractivity contribution in [1.82, 2.24) is 5.32 Å². The summed E-state index contributed by atoms with van der Waals surface area (Å²) in [5.74, 6) is 2.96. The largest absolute Gasteiger partial charge is 0.395 e. The first-order valence-electron chi connectivity index (χ1n) is 7.10. The molecular weight excluding hydrogens is 198 g/mol. The van der Waals surface area contributed by atoms with Crippen LogP contribution in [0.25, 0.3) is 0 Å². The van der Waals surface area contributed by atoms with E-state index >= 15 is 0 Å². The van der Waals surface area contributed by atoms with Crippen LogP contribution < -0.4 is 5.32 Å². The van der Waals surface area contributed by atoms with Gasteiger partial charge in [-0.05, 0) is 68.2 Å². The number of rotatable bonds is 4. The molecule has 4 aliphatic rings.